The minimum absolute atomic E-state index is 0.0217. The molecule has 0 radical (unpaired) electrons. The fourth-order valence-electron chi connectivity index (χ4n) is 7.97. The lowest BCUT2D eigenvalue weighted by Crippen LogP contribution is -2.62. The molecule has 162 valence electrons. The lowest BCUT2D eigenvalue weighted by molar-refractivity contribution is -0.180. The number of ketones is 2. The molecule has 8 unspecified atom stereocenters. The first-order valence-electron chi connectivity index (χ1n) is 11.0. The maximum absolute atomic E-state index is 13.6. The highest BCUT2D eigenvalue weighted by Crippen LogP contribution is 2.68. The van der Waals surface area contributed by atoms with Crippen LogP contribution in [0.5, 0.6) is 0 Å². The molecule has 4 rings (SSSR count). The standard InChI is InChI=1S/C23H33BrO5/c1-12(25)23(28)19(24)10-17-16-6-5-14-9-15(29-13(2)26)7-8-21(14,3)20(16)18(27)11-22(17,23)4/h14-17,19-20,28H,5-11H2,1-4H3/t14-,15?,16?,17?,19?,20?,21?,22?,23?/m0/s1. The smallest absolute Gasteiger partial charge is 0.302 e. The fourth-order valence-corrected chi connectivity index (χ4v) is 9.22. The molecule has 4 aliphatic carbocycles. The summed E-state index contributed by atoms with van der Waals surface area (Å²) in [7, 11) is 0. The van der Waals surface area contributed by atoms with Gasteiger partial charge in [0, 0.05) is 24.7 Å². The van der Waals surface area contributed by atoms with Crippen LogP contribution >= 0.6 is 15.9 Å². The SMILES string of the molecule is CC(=O)OC1CCC2(C)C3C(=O)CC4(C)C(CC(Br)C4(O)C(C)=O)C3CC[C@H]2C1. The Hall–Kier alpha value is -0.750. The van der Waals surface area contributed by atoms with Crippen molar-refractivity contribution in [2.75, 3.05) is 0 Å². The lowest BCUT2D eigenvalue weighted by Gasteiger charge is -2.60. The van der Waals surface area contributed by atoms with Crippen LogP contribution in [0.2, 0.25) is 0 Å². The number of alkyl halides is 1. The van der Waals surface area contributed by atoms with Crippen LogP contribution in [0.4, 0.5) is 0 Å². The first kappa shape index (κ1) is 21.5. The normalized spacial score (nSPS) is 51.6. The zero-order chi connectivity index (χ0) is 21.4. The van der Waals surface area contributed by atoms with E-state index in [0.29, 0.717) is 5.92 Å². The molecule has 0 aromatic rings. The van der Waals surface area contributed by atoms with Crippen molar-refractivity contribution in [3.05, 3.63) is 0 Å². The highest BCUT2D eigenvalue weighted by Gasteiger charge is 2.71. The highest BCUT2D eigenvalue weighted by atomic mass is 79.9. The average Bonchev–Trinajstić information content (AvgIpc) is 2.82. The van der Waals surface area contributed by atoms with E-state index >= 15 is 0 Å². The molecular weight excluding hydrogens is 436 g/mol. The second-order valence-corrected chi connectivity index (χ2v) is 11.7. The quantitative estimate of drug-likeness (QED) is 0.491. The Labute approximate surface area is 181 Å². The molecule has 29 heavy (non-hydrogen) atoms. The van der Waals surface area contributed by atoms with Gasteiger partial charge in [-0.05, 0) is 68.6 Å². The third-order valence-corrected chi connectivity index (χ3v) is 10.4. The second kappa shape index (κ2) is 6.88. The average molecular weight is 469 g/mol. The van der Waals surface area contributed by atoms with Gasteiger partial charge < -0.3 is 9.84 Å². The van der Waals surface area contributed by atoms with Gasteiger partial charge in [0.25, 0.3) is 0 Å². The van der Waals surface area contributed by atoms with E-state index in [1.54, 1.807) is 0 Å². The molecular formula is C23H33BrO5. The van der Waals surface area contributed by atoms with E-state index in [4.69, 9.17) is 4.74 Å². The van der Waals surface area contributed by atoms with Crippen LogP contribution in [0.3, 0.4) is 0 Å². The number of hydrogen-bond donors (Lipinski definition) is 1. The minimum atomic E-state index is -1.48. The van der Waals surface area contributed by atoms with Crippen molar-refractivity contribution in [1.29, 1.82) is 0 Å². The van der Waals surface area contributed by atoms with Crippen LogP contribution in [0.25, 0.3) is 0 Å². The summed E-state index contributed by atoms with van der Waals surface area (Å²) in [6.45, 7) is 7.13. The first-order chi connectivity index (χ1) is 13.4. The van der Waals surface area contributed by atoms with Gasteiger partial charge in [0.05, 0.1) is 4.83 Å². The van der Waals surface area contributed by atoms with E-state index in [9.17, 15) is 19.5 Å². The van der Waals surface area contributed by atoms with Crippen LogP contribution in [0.15, 0.2) is 0 Å². The molecule has 4 aliphatic rings. The summed E-state index contributed by atoms with van der Waals surface area (Å²) in [6, 6.07) is 0. The number of esters is 1. The summed E-state index contributed by atoms with van der Waals surface area (Å²) < 4.78 is 5.50. The van der Waals surface area contributed by atoms with E-state index < -0.39 is 11.0 Å². The number of carbonyl (C=O) groups is 3. The van der Waals surface area contributed by atoms with Crippen molar-refractivity contribution in [3.8, 4) is 0 Å². The summed E-state index contributed by atoms with van der Waals surface area (Å²) in [5.74, 6) is 0.475. The maximum atomic E-state index is 13.6. The fraction of sp³-hybridized carbons (Fsp3) is 0.870. The molecule has 4 saturated carbocycles. The number of halogens is 1. The largest absolute Gasteiger partial charge is 0.463 e. The van der Waals surface area contributed by atoms with Crippen molar-refractivity contribution >= 4 is 33.5 Å². The molecule has 4 fully saturated rings. The zero-order valence-corrected chi connectivity index (χ0v) is 19.5. The van der Waals surface area contributed by atoms with Crippen molar-refractivity contribution in [2.45, 2.75) is 89.2 Å². The molecule has 0 aliphatic heterocycles. The van der Waals surface area contributed by atoms with Crippen LogP contribution < -0.4 is 0 Å². The second-order valence-electron chi connectivity index (χ2n) is 10.6. The third-order valence-electron chi connectivity index (χ3n) is 9.35. The van der Waals surface area contributed by atoms with Gasteiger partial charge >= 0.3 is 5.97 Å². The first-order valence-corrected chi connectivity index (χ1v) is 11.9. The Bertz CT molecular complexity index is 752. The zero-order valence-electron chi connectivity index (χ0n) is 17.9. The molecule has 9 atom stereocenters. The third kappa shape index (κ3) is 2.84. The molecule has 0 spiro atoms. The molecule has 6 heteroatoms. The summed E-state index contributed by atoms with van der Waals surface area (Å²) in [5, 5.41) is 11.4. The summed E-state index contributed by atoms with van der Waals surface area (Å²) in [5.41, 5.74) is -2.27. The van der Waals surface area contributed by atoms with Gasteiger partial charge in [-0.1, -0.05) is 29.8 Å². The Morgan fingerprint density at radius 3 is 2.45 bits per heavy atom. The van der Waals surface area contributed by atoms with Crippen molar-refractivity contribution in [3.63, 3.8) is 0 Å². The van der Waals surface area contributed by atoms with Gasteiger partial charge in [-0.3, -0.25) is 14.4 Å². The summed E-state index contributed by atoms with van der Waals surface area (Å²) in [4.78, 5) is 37.2. The molecule has 0 amide bonds. The highest BCUT2D eigenvalue weighted by molar-refractivity contribution is 9.09. The number of fused-ring (bicyclic) bond motifs is 5. The Morgan fingerprint density at radius 2 is 1.83 bits per heavy atom. The summed E-state index contributed by atoms with van der Waals surface area (Å²) >= 11 is 3.61. The van der Waals surface area contributed by atoms with E-state index in [-0.39, 0.29) is 58.1 Å². The van der Waals surface area contributed by atoms with E-state index in [2.05, 4.69) is 22.9 Å². The number of hydrogen-bond acceptors (Lipinski definition) is 5. The predicted octanol–water partition coefficient (Wildman–Crippen LogP) is 3.83. The Balaban J connectivity index is 1.65. The monoisotopic (exact) mass is 468 g/mol. The Kier molecular flexibility index (Phi) is 5.09. The van der Waals surface area contributed by atoms with Gasteiger partial charge in [0.1, 0.15) is 17.5 Å². The maximum Gasteiger partial charge on any atom is 0.302 e. The lowest BCUT2D eigenvalue weighted by atomic mass is 9.44. The Morgan fingerprint density at radius 1 is 1.14 bits per heavy atom. The van der Waals surface area contributed by atoms with Gasteiger partial charge in [0.15, 0.2) is 5.78 Å². The molecule has 5 nitrogen and oxygen atoms in total. The van der Waals surface area contributed by atoms with Crippen LogP contribution in [0.1, 0.15) is 72.6 Å². The molecule has 0 heterocycles. The number of Topliss-reactive ketones (excluding diaryl/α,β-unsaturated/α-hetero) is 2. The minimum Gasteiger partial charge on any atom is -0.463 e. The van der Waals surface area contributed by atoms with Crippen molar-refractivity contribution < 1.29 is 24.2 Å². The van der Waals surface area contributed by atoms with Crippen LogP contribution in [-0.4, -0.2) is 39.2 Å². The van der Waals surface area contributed by atoms with Gasteiger partial charge in [-0.25, -0.2) is 0 Å². The predicted molar refractivity (Wildman–Crippen MR) is 111 cm³/mol. The number of aliphatic hydroxyl groups is 1. The van der Waals surface area contributed by atoms with Crippen molar-refractivity contribution in [2.24, 2.45) is 34.5 Å². The number of rotatable bonds is 2. The van der Waals surface area contributed by atoms with E-state index in [0.717, 1.165) is 38.5 Å². The van der Waals surface area contributed by atoms with Gasteiger partial charge in [-0.15, -0.1) is 0 Å². The molecule has 1 N–H and O–H groups in total. The van der Waals surface area contributed by atoms with Crippen LogP contribution in [0, 0.1) is 34.5 Å². The summed E-state index contributed by atoms with van der Waals surface area (Å²) in [6.07, 6.45) is 5.46. The van der Waals surface area contributed by atoms with Crippen molar-refractivity contribution in [1.82, 2.24) is 0 Å². The van der Waals surface area contributed by atoms with Gasteiger partial charge in [-0.2, -0.15) is 0 Å². The van der Waals surface area contributed by atoms with Gasteiger partial charge in [0.2, 0.25) is 0 Å². The number of ether oxygens (including phenoxy) is 1. The van der Waals surface area contributed by atoms with E-state index in [1.165, 1.54) is 13.8 Å². The molecule has 0 saturated heterocycles. The molecule has 0 aromatic carbocycles. The topological polar surface area (TPSA) is 80.7 Å². The van der Waals surface area contributed by atoms with E-state index in [1.807, 2.05) is 6.92 Å². The molecule has 0 bridgehead atoms. The number of carbonyl (C=O) groups excluding carboxylic acids is 3. The van der Waals surface area contributed by atoms with Crippen LogP contribution in [-0.2, 0) is 19.1 Å². The molecule has 0 aromatic heterocycles.